The van der Waals surface area contributed by atoms with E-state index in [1.54, 1.807) is 0 Å². The van der Waals surface area contributed by atoms with E-state index in [4.69, 9.17) is 0 Å². The van der Waals surface area contributed by atoms with Crippen LogP contribution in [-0.2, 0) is 0 Å². The smallest absolute Gasteiger partial charge is 0.0783 e. The fraction of sp³-hybridized carbons (Fsp3) is 0. The first kappa shape index (κ1) is 24.2. The van der Waals surface area contributed by atoms with Crippen molar-refractivity contribution in [3.8, 4) is 22.3 Å². The molecule has 0 unspecified atom stereocenters. The number of fused-ring (bicyclic) bond motifs is 12. The van der Waals surface area contributed by atoms with Crippen LogP contribution in [0.3, 0.4) is 0 Å². The molecule has 0 saturated heterocycles. The maximum absolute atomic E-state index is 2.54. The minimum Gasteiger partial charge on any atom is -0.305 e. The molecule has 0 aliphatic carbocycles. The van der Waals surface area contributed by atoms with E-state index in [0.717, 1.165) is 0 Å². The van der Waals surface area contributed by atoms with Crippen LogP contribution in [0, 0.1) is 0 Å². The Morgan fingerprint density at radius 3 is 1.09 bits per heavy atom. The van der Waals surface area contributed by atoms with Crippen LogP contribution in [0.5, 0.6) is 0 Å². The van der Waals surface area contributed by atoms with Crippen molar-refractivity contribution in [2.45, 2.75) is 0 Å². The van der Waals surface area contributed by atoms with Crippen molar-refractivity contribution in [3.63, 3.8) is 0 Å². The third-order valence-electron chi connectivity index (χ3n) is 10.2. The first-order valence-electron chi connectivity index (χ1n) is 16.0. The van der Waals surface area contributed by atoms with Crippen LogP contribution in [-0.4, -0.2) is 8.80 Å². The summed E-state index contributed by atoms with van der Waals surface area (Å²) in [6.45, 7) is 0. The molecule has 0 N–H and O–H groups in total. The summed E-state index contributed by atoms with van der Waals surface area (Å²) in [5.74, 6) is 0. The van der Waals surface area contributed by atoms with E-state index in [0.29, 0.717) is 0 Å². The number of rotatable bonds is 2. The molecule has 0 amide bonds. The van der Waals surface area contributed by atoms with E-state index in [-0.39, 0.29) is 0 Å². The van der Waals surface area contributed by atoms with E-state index in [2.05, 4.69) is 167 Å². The lowest BCUT2D eigenvalue weighted by Gasteiger charge is -2.13. The SMILES string of the molecule is c1ccc(-c2cc3c(c4ccccc24)c2cccc4c2n3c2cccc3c5c6ccccc6c(-c6ccccc6)cc5n4c32)cc1. The Kier molecular flexibility index (Phi) is 4.61. The molecule has 46 heavy (non-hydrogen) atoms. The van der Waals surface area contributed by atoms with Gasteiger partial charge in [-0.3, -0.25) is 0 Å². The van der Waals surface area contributed by atoms with Crippen LogP contribution in [0.4, 0.5) is 0 Å². The summed E-state index contributed by atoms with van der Waals surface area (Å²) < 4.78 is 5.08. The van der Waals surface area contributed by atoms with Gasteiger partial charge >= 0.3 is 0 Å². The Bertz CT molecular complexity index is 2790. The molecule has 2 nitrogen and oxygen atoms in total. The number of nitrogens with zero attached hydrogens (tertiary/aromatic N) is 2. The zero-order chi connectivity index (χ0) is 29.9. The van der Waals surface area contributed by atoms with Gasteiger partial charge in [-0.25, -0.2) is 0 Å². The Balaban J connectivity index is 1.42. The average Bonchev–Trinajstić information content (AvgIpc) is 3.65. The van der Waals surface area contributed by atoms with Crippen molar-refractivity contribution in [1.29, 1.82) is 0 Å². The summed E-state index contributed by atoms with van der Waals surface area (Å²) in [6, 6.07) is 58.1. The van der Waals surface area contributed by atoms with Gasteiger partial charge in [-0.2, -0.15) is 0 Å². The number of benzene rings is 8. The predicted molar refractivity (Wildman–Crippen MR) is 195 cm³/mol. The molecule has 0 aliphatic rings. The maximum Gasteiger partial charge on any atom is 0.0783 e. The van der Waals surface area contributed by atoms with Crippen molar-refractivity contribution in [2.24, 2.45) is 0 Å². The number of aromatic nitrogens is 2. The van der Waals surface area contributed by atoms with E-state index >= 15 is 0 Å². The molecule has 0 spiro atoms. The Labute approximate surface area is 264 Å². The van der Waals surface area contributed by atoms with Gasteiger partial charge < -0.3 is 8.80 Å². The first-order valence-corrected chi connectivity index (χ1v) is 16.0. The molecule has 0 aliphatic heterocycles. The van der Waals surface area contributed by atoms with Crippen LogP contribution >= 0.6 is 0 Å². The molecular weight excluding hydrogens is 556 g/mol. The standard InChI is InChI=1S/C44H26N2/c1-3-13-27(14-4-1)35-25-39-41(31-19-9-7-17-29(31)35)33-21-11-24-38-43(33)45(39)37-23-12-22-34-42-32-20-10-8-18-30(32)36(28-15-5-2-6-16-28)26-40(42)46(38)44(34)37/h1-26H. The summed E-state index contributed by atoms with van der Waals surface area (Å²) in [4.78, 5) is 0. The molecule has 0 saturated carbocycles. The summed E-state index contributed by atoms with van der Waals surface area (Å²) in [5.41, 5.74) is 12.5. The fourth-order valence-electron chi connectivity index (χ4n) is 8.39. The molecule has 3 aromatic heterocycles. The van der Waals surface area contributed by atoms with E-state index in [1.807, 2.05) is 0 Å². The average molecular weight is 583 g/mol. The highest BCUT2D eigenvalue weighted by atomic mass is 15.0. The van der Waals surface area contributed by atoms with Crippen LogP contribution in [0.15, 0.2) is 158 Å². The van der Waals surface area contributed by atoms with Crippen molar-refractivity contribution in [3.05, 3.63) is 158 Å². The first-order chi connectivity index (χ1) is 22.9. The maximum atomic E-state index is 2.54. The lowest BCUT2D eigenvalue weighted by Crippen LogP contribution is -1.97. The van der Waals surface area contributed by atoms with Gasteiger partial charge in [-0.15, -0.1) is 0 Å². The number of hydrogen-bond donors (Lipinski definition) is 0. The molecule has 0 radical (unpaired) electrons. The van der Waals surface area contributed by atoms with Gasteiger partial charge in [0.15, 0.2) is 0 Å². The quantitative estimate of drug-likeness (QED) is 0.179. The molecule has 2 heteroatoms. The predicted octanol–water partition coefficient (Wildman–Crippen LogP) is 11.9. The van der Waals surface area contributed by atoms with E-state index < -0.39 is 0 Å². The van der Waals surface area contributed by atoms with Gasteiger partial charge in [-0.1, -0.05) is 133 Å². The molecular formula is C44H26N2. The molecule has 0 atom stereocenters. The molecule has 8 aromatic carbocycles. The van der Waals surface area contributed by atoms with Gasteiger partial charge in [0, 0.05) is 21.5 Å². The third-order valence-corrected chi connectivity index (χ3v) is 10.2. The Morgan fingerprint density at radius 2 is 0.652 bits per heavy atom. The third kappa shape index (κ3) is 2.96. The lowest BCUT2D eigenvalue weighted by molar-refractivity contribution is 1.26. The number of hydrogen-bond acceptors (Lipinski definition) is 0. The van der Waals surface area contributed by atoms with Gasteiger partial charge in [0.05, 0.1) is 33.1 Å². The minimum atomic E-state index is 1.23. The molecule has 212 valence electrons. The largest absolute Gasteiger partial charge is 0.305 e. The monoisotopic (exact) mass is 582 g/mol. The van der Waals surface area contributed by atoms with Crippen LogP contribution < -0.4 is 0 Å². The van der Waals surface area contributed by atoms with Gasteiger partial charge in [0.1, 0.15) is 0 Å². The molecule has 3 heterocycles. The van der Waals surface area contributed by atoms with Crippen molar-refractivity contribution >= 4 is 76.2 Å². The van der Waals surface area contributed by atoms with Gasteiger partial charge in [-0.05, 0) is 68.1 Å². The van der Waals surface area contributed by atoms with Gasteiger partial charge in [0.2, 0.25) is 0 Å². The lowest BCUT2D eigenvalue weighted by atomic mass is 9.94. The number of para-hydroxylation sites is 2. The minimum absolute atomic E-state index is 1.23. The molecule has 0 bridgehead atoms. The van der Waals surface area contributed by atoms with E-state index in [9.17, 15) is 0 Å². The normalized spacial score (nSPS) is 12.3. The summed E-state index contributed by atoms with van der Waals surface area (Å²) >= 11 is 0. The second-order valence-corrected chi connectivity index (χ2v) is 12.5. The summed E-state index contributed by atoms with van der Waals surface area (Å²) in [5, 5.41) is 10.4. The van der Waals surface area contributed by atoms with Crippen LogP contribution in [0.25, 0.3) is 98.4 Å². The topological polar surface area (TPSA) is 8.82 Å². The highest BCUT2D eigenvalue weighted by Gasteiger charge is 2.24. The molecule has 11 aromatic rings. The zero-order valence-corrected chi connectivity index (χ0v) is 24.9. The summed E-state index contributed by atoms with van der Waals surface area (Å²) in [6.07, 6.45) is 0. The highest BCUT2D eigenvalue weighted by Crippen LogP contribution is 2.46. The zero-order valence-electron chi connectivity index (χ0n) is 24.9. The Hall–Kier alpha value is -6.12. The van der Waals surface area contributed by atoms with Crippen molar-refractivity contribution < 1.29 is 0 Å². The van der Waals surface area contributed by atoms with Crippen LogP contribution in [0.1, 0.15) is 0 Å². The van der Waals surface area contributed by atoms with Crippen LogP contribution in [0.2, 0.25) is 0 Å². The van der Waals surface area contributed by atoms with Crippen molar-refractivity contribution in [2.75, 3.05) is 0 Å². The Morgan fingerprint density at radius 1 is 0.283 bits per heavy atom. The second kappa shape index (κ2) is 8.74. The molecule has 11 rings (SSSR count). The fourth-order valence-corrected chi connectivity index (χ4v) is 8.39. The van der Waals surface area contributed by atoms with Gasteiger partial charge in [0.25, 0.3) is 0 Å². The van der Waals surface area contributed by atoms with Crippen molar-refractivity contribution in [1.82, 2.24) is 8.80 Å². The highest BCUT2D eigenvalue weighted by molar-refractivity contribution is 6.31. The van der Waals surface area contributed by atoms with E-state index in [1.165, 1.54) is 98.4 Å². The second-order valence-electron chi connectivity index (χ2n) is 12.5. The molecule has 0 fully saturated rings. The summed E-state index contributed by atoms with van der Waals surface area (Å²) in [7, 11) is 0.